The molecule has 0 spiro atoms. The third-order valence-electron chi connectivity index (χ3n) is 3.41. The number of phenolic OH excluding ortho intramolecular Hbond substituents is 3. The molecule has 114 valence electrons. The molecule has 0 aliphatic rings. The number of aromatic nitrogens is 1. The van der Waals surface area contributed by atoms with Crippen LogP contribution < -0.4 is 5.56 Å². The Morgan fingerprint density at radius 1 is 1.09 bits per heavy atom. The minimum atomic E-state index is -0.928. The summed E-state index contributed by atoms with van der Waals surface area (Å²) in [5.74, 6) is -2.28. The number of halogens is 1. The van der Waals surface area contributed by atoms with Gasteiger partial charge in [-0.15, -0.1) is 0 Å². The molecule has 0 radical (unpaired) electrons. The van der Waals surface area contributed by atoms with Crippen LogP contribution in [0.5, 0.6) is 17.2 Å². The Kier molecular flexibility index (Phi) is 3.15. The highest BCUT2D eigenvalue weighted by Gasteiger charge is 2.15. The van der Waals surface area contributed by atoms with E-state index in [4.69, 9.17) is 0 Å². The van der Waals surface area contributed by atoms with Crippen LogP contribution in [0.4, 0.5) is 4.39 Å². The van der Waals surface area contributed by atoms with E-state index in [1.54, 1.807) is 0 Å². The van der Waals surface area contributed by atoms with Gasteiger partial charge in [-0.05, 0) is 18.2 Å². The van der Waals surface area contributed by atoms with Gasteiger partial charge in [0, 0.05) is 23.7 Å². The Morgan fingerprint density at radius 2 is 1.83 bits per heavy atom. The smallest absolute Gasteiger partial charge is 0.266 e. The Labute approximate surface area is 128 Å². The molecule has 1 aromatic heterocycles. The maximum atomic E-state index is 13.5. The van der Waals surface area contributed by atoms with Crippen molar-refractivity contribution in [1.82, 2.24) is 4.57 Å². The highest BCUT2D eigenvalue weighted by molar-refractivity contribution is 5.93. The normalized spacial score (nSPS) is 10.6. The lowest BCUT2D eigenvalue weighted by molar-refractivity contribution is 0.432. The Balaban J connectivity index is 2.44. The zero-order valence-electron chi connectivity index (χ0n) is 11.5. The van der Waals surface area contributed by atoms with Gasteiger partial charge in [0.25, 0.3) is 5.56 Å². The second kappa shape index (κ2) is 5.03. The monoisotopic (exact) mass is 312 g/mol. The van der Waals surface area contributed by atoms with Crippen LogP contribution in [-0.4, -0.2) is 19.9 Å². The van der Waals surface area contributed by atoms with Crippen LogP contribution in [0, 0.1) is 17.1 Å². The molecule has 0 atom stereocenters. The quantitative estimate of drug-likeness (QED) is 0.638. The summed E-state index contributed by atoms with van der Waals surface area (Å²) in [6, 6.07) is 7.33. The van der Waals surface area contributed by atoms with E-state index >= 15 is 0 Å². The van der Waals surface area contributed by atoms with Crippen LogP contribution in [0.1, 0.15) is 5.56 Å². The van der Waals surface area contributed by atoms with Crippen molar-refractivity contribution < 1.29 is 19.7 Å². The number of rotatable bonds is 1. The van der Waals surface area contributed by atoms with E-state index in [0.717, 1.165) is 22.8 Å². The van der Waals surface area contributed by atoms with Crippen molar-refractivity contribution in [2.24, 2.45) is 0 Å². The average Bonchev–Trinajstić information content (AvgIpc) is 2.50. The van der Waals surface area contributed by atoms with Crippen LogP contribution in [0.15, 0.2) is 41.3 Å². The molecule has 7 heteroatoms. The first-order chi connectivity index (χ1) is 10.9. The molecule has 0 saturated heterocycles. The van der Waals surface area contributed by atoms with Gasteiger partial charge >= 0.3 is 0 Å². The van der Waals surface area contributed by atoms with Crippen molar-refractivity contribution >= 4 is 10.8 Å². The number of aromatic hydroxyl groups is 3. The van der Waals surface area contributed by atoms with Gasteiger partial charge in [-0.1, -0.05) is 0 Å². The fraction of sp³-hybridized carbons (Fsp3) is 0. The van der Waals surface area contributed by atoms with Crippen molar-refractivity contribution in [1.29, 1.82) is 5.26 Å². The van der Waals surface area contributed by atoms with E-state index < -0.39 is 22.9 Å². The van der Waals surface area contributed by atoms with E-state index in [0.29, 0.717) is 0 Å². The van der Waals surface area contributed by atoms with Crippen molar-refractivity contribution in [2.45, 2.75) is 0 Å². The van der Waals surface area contributed by atoms with Gasteiger partial charge in [0.05, 0.1) is 16.6 Å². The van der Waals surface area contributed by atoms with E-state index in [2.05, 4.69) is 0 Å². The summed E-state index contributed by atoms with van der Waals surface area (Å²) in [6.07, 6.45) is 1.18. The molecular formula is C16H9FN2O4. The number of fused-ring (bicyclic) bond motifs is 1. The molecule has 1 heterocycles. The maximum absolute atomic E-state index is 13.5. The summed E-state index contributed by atoms with van der Waals surface area (Å²) in [7, 11) is 0. The Morgan fingerprint density at radius 3 is 2.48 bits per heavy atom. The van der Waals surface area contributed by atoms with Gasteiger partial charge in [-0.25, -0.2) is 4.39 Å². The predicted molar refractivity (Wildman–Crippen MR) is 79.2 cm³/mol. The SMILES string of the molecule is N#Cc1cn(-c2ccc(O)c(F)c2)c(=O)c2c(O)cc(O)cc12. The Bertz CT molecular complexity index is 1050. The van der Waals surface area contributed by atoms with Gasteiger partial charge in [0.1, 0.15) is 17.6 Å². The Hall–Kier alpha value is -3.53. The minimum Gasteiger partial charge on any atom is -0.508 e. The second-order valence-corrected chi connectivity index (χ2v) is 4.85. The van der Waals surface area contributed by atoms with Crippen LogP contribution in [0.25, 0.3) is 16.5 Å². The minimum absolute atomic E-state index is 0.0132. The number of nitrogens with zero attached hydrogens (tertiary/aromatic N) is 2. The number of benzene rings is 2. The molecule has 0 saturated carbocycles. The van der Waals surface area contributed by atoms with Gasteiger partial charge in [-0.3, -0.25) is 9.36 Å². The van der Waals surface area contributed by atoms with Gasteiger partial charge < -0.3 is 15.3 Å². The molecule has 0 fully saturated rings. The average molecular weight is 312 g/mol. The predicted octanol–water partition coefficient (Wildman–Crippen LogP) is 2.12. The summed E-state index contributed by atoms with van der Waals surface area (Å²) in [5.41, 5.74) is -0.600. The van der Waals surface area contributed by atoms with Crippen LogP contribution in [0.3, 0.4) is 0 Å². The van der Waals surface area contributed by atoms with Crippen molar-refractivity contribution in [2.75, 3.05) is 0 Å². The zero-order chi connectivity index (χ0) is 16.7. The summed E-state index contributed by atoms with van der Waals surface area (Å²) in [5, 5.41) is 37.8. The van der Waals surface area contributed by atoms with Crippen molar-refractivity contribution in [3.63, 3.8) is 0 Å². The molecule has 0 aliphatic heterocycles. The standard InChI is InChI=1S/C16H9FN2O4/c17-12-3-9(1-2-13(12)21)19-7-8(6-18)11-4-10(20)5-14(22)15(11)16(19)23/h1-5,7,20-22H. The van der Waals surface area contributed by atoms with Gasteiger partial charge in [0.2, 0.25) is 0 Å². The van der Waals surface area contributed by atoms with E-state index in [1.807, 2.05) is 6.07 Å². The van der Waals surface area contributed by atoms with E-state index in [-0.39, 0.29) is 27.8 Å². The molecule has 3 rings (SSSR count). The van der Waals surface area contributed by atoms with E-state index in [9.17, 15) is 29.8 Å². The second-order valence-electron chi connectivity index (χ2n) is 4.85. The molecular weight excluding hydrogens is 303 g/mol. The largest absolute Gasteiger partial charge is 0.508 e. The lowest BCUT2D eigenvalue weighted by atomic mass is 10.1. The number of hydrogen-bond donors (Lipinski definition) is 3. The summed E-state index contributed by atoms with van der Waals surface area (Å²) in [6.45, 7) is 0. The maximum Gasteiger partial charge on any atom is 0.266 e. The highest BCUT2D eigenvalue weighted by atomic mass is 19.1. The van der Waals surface area contributed by atoms with Crippen LogP contribution in [0.2, 0.25) is 0 Å². The summed E-state index contributed by atoms with van der Waals surface area (Å²) in [4.78, 5) is 12.6. The molecule has 6 nitrogen and oxygen atoms in total. The van der Waals surface area contributed by atoms with Crippen molar-refractivity contribution in [3.05, 3.63) is 58.3 Å². The molecule has 23 heavy (non-hydrogen) atoms. The number of phenols is 3. The third-order valence-corrected chi connectivity index (χ3v) is 3.41. The first-order valence-corrected chi connectivity index (χ1v) is 6.42. The van der Waals surface area contributed by atoms with Crippen molar-refractivity contribution in [3.8, 4) is 29.0 Å². The van der Waals surface area contributed by atoms with Crippen LogP contribution >= 0.6 is 0 Å². The van der Waals surface area contributed by atoms with Gasteiger partial charge in [0.15, 0.2) is 11.6 Å². The lowest BCUT2D eigenvalue weighted by Gasteiger charge is -2.11. The molecule has 0 bridgehead atoms. The number of nitriles is 1. The van der Waals surface area contributed by atoms with Crippen LogP contribution in [-0.2, 0) is 0 Å². The topological polar surface area (TPSA) is 106 Å². The fourth-order valence-corrected chi connectivity index (χ4v) is 2.35. The molecule has 0 aliphatic carbocycles. The molecule has 3 N–H and O–H groups in total. The van der Waals surface area contributed by atoms with E-state index in [1.165, 1.54) is 18.3 Å². The summed E-state index contributed by atoms with van der Waals surface area (Å²) < 4.78 is 14.5. The highest BCUT2D eigenvalue weighted by Crippen LogP contribution is 2.30. The van der Waals surface area contributed by atoms with Gasteiger partial charge in [-0.2, -0.15) is 5.26 Å². The lowest BCUT2D eigenvalue weighted by Crippen LogP contribution is -2.19. The fourth-order valence-electron chi connectivity index (χ4n) is 2.35. The molecule has 0 amide bonds. The molecule has 3 aromatic rings. The number of hydrogen-bond acceptors (Lipinski definition) is 5. The summed E-state index contributed by atoms with van der Waals surface area (Å²) >= 11 is 0. The molecule has 2 aromatic carbocycles. The first-order valence-electron chi connectivity index (χ1n) is 6.42. The zero-order valence-corrected chi connectivity index (χ0v) is 11.5. The molecule has 0 unspecified atom stereocenters. The number of pyridine rings is 1. The first kappa shape index (κ1) is 14.4. The third kappa shape index (κ3) is 2.22.